The lowest BCUT2D eigenvalue weighted by molar-refractivity contribution is 0.378. The number of phenols is 1. The summed E-state index contributed by atoms with van der Waals surface area (Å²) in [6, 6.07) is 2.66. The van der Waals surface area contributed by atoms with E-state index in [0.717, 1.165) is 0 Å². The van der Waals surface area contributed by atoms with Crippen LogP contribution in [0.15, 0.2) is 17.0 Å². The number of thioether (sulfide) groups is 1. The van der Waals surface area contributed by atoms with Crippen LogP contribution in [0, 0.1) is 5.82 Å². The Labute approximate surface area is 74.4 Å². The molecule has 0 fully saturated rings. The summed E-state index contributed by atoms with van der Waals surface area (Å²) in [5, 5.41) is 9.23. The van der Waals surface area contributed by atoms with Crippen LogP contribution in [0.4, 0.5) is 4.39 Å². The number of halogens is 1. The third-order valence-corrected chi connectivity index (χ3v) is 2.27. The fourth-order valence-electron chi connectivity index (χ4n) is 0.887. The van der Waals surface area contributed by atoms with Crippen LogP contribution < -0.4 is 4.74 Å². The van der Waals surface area contributed by atoms with Gasteiger partial charge in [-0.05, 0) is 18.4 Å². The van der Waals surface area contributed by atoms with E-state index in [1.165, 1.54) is 31.0 Å². The number of ether oxygens (including phenoxy) is 1. The van der Waals surface area contributed by atoms with E-state index in [4.69, 9.17) is 4.74 Å². The molecule has 0 heterocycles. The standard InChI is InChI=1S/C8H9FO2S/c1-11-6-4-3-5(9)7(10)8(6)12-2/h3-4,10H,1-2H3. The van der Waals surface area contributed by atoms with Gasteiger partial charge in [-0.3, -0.25) is 0 Å². The van der Waals surface area contributed by atoms with Crippen molar-refractivity contribution in [3.63, 3.8) is 0 Å². The summed E-state index contributed by atoms with van der Waals surface area (Å²) in [5.74, 6) is -0.483. The molecule has 0 aliphatic carbocycles. The zero-order chi connectivity index (χ0) is 9.14. The molecule has 0 radical (unpaired) electrons. The molecule has 1 rings (SSSR count). The van der Waals surface area contributed by atoms with E-state index in [1.54, 1.807) is 6.26 Å². The third kappa shape index (κ3) is 1.48. The lowest BCUT2D eigenvalue weighted by Crippen LogP contribution is -1.88. The molecule has 0 saturated heterocycles. The monoisotopic (exact) mass is 188 g/mol. The minimum absolute atomic E-state index is 0.346. The van der Waals surface area contributed by atoms with E-state index in [-0.39, 0.29) is 5.75 Å². The van der Waals surface area contributed by atoms with Gasteiger partial charge in [-0.1, -0.05) is 0 Å². The first kappa shape index (κ1) is 9.19. The second kappa shape index (κ2) is 3.67. The molecule has 1 N–H and O–H groups in total. The van der Waals surface area contributed by atoms with Gasteiger partial charge < -0.3 is 9.84 Å². The second-order valence-electron chi connectivity index (χ2n) is 2.13. The molecule has 0 spiro atoms. The number of methoxy groups -OCH3 is 1. The molecule has 4 heteroatoms. The van der Waals surface area contributed by atoms with Gasteiger partial charge in [-0.15, -0.1) is 11.8 Å². The lowest BCUT2D eigenvalue weighted by Gasteiger charge is -2.07. The van der Waals surface area contributed by atoms with Gasteiger partial charge in [0.05, 0.1) is 12.0 Å². The first-order valence-corrected chi connectivity index (χ1v) is 4.52. The van der Waals surface area contributed by atoms with Crippen molar-refractivity contribution in [2.45, 2.75) is 4.90 Å². The fourth-order valence-corrected chi connectivity index (χ4v) is 1.53. The summed E-state index contributed by atoms with van der Waals surface area (Å²) in [7, 11) is 1.48. The molecule has 0 amide bonds. The van der Waals surface area contributed by atoms with Crippen molar-refractivity contribution in [2.75, 3.05) is 13.4 Å². The number of hydrogen-bond donors (Lipinski definition) is 1. The largest absolute Gasteiger partial charge is 0.504 e. The molecule has 0 aliphatic rings. The Bertz CT molecular complexity index is 289. The SMILES string of the molecule is COc1ccc(F)c(O)c1SC. The van der Waals surface area contributed by atoms with Crippen LogP contribution in [0.25, 0.3) is 0 Å². The van der Waals surface area contributed by atoms with Crippen LogP contribution in [-0.2, 0) is 0 Å². The van der Waals surface area contributed by atoms with E-state index in [1.807, 2.05) is 0 Å². The highest BCUT2D eigenvalue weighted by molar-refractivity contribution is 7.98. The normalized spacial score (nSPS) is 9.92. The summed E-state index contributed by atoms with van der Waals surface area (Å²) in [6.45, 7) is 0. The zero-order valence-electron chi connectivity index (χ0n) is 6.80. The summed E-state index contributed by atoms with van der Waals surface area (Å²) < 4.78 is 17.7. The Morgan fingerprint density at radius 2 is 2.17 bits per heavy atom. The average Bonchev–Trinajstić information content (AvgIpc) is 2.09. The highest BCUT2D eigenvalue weighted by Crippen LogP contribution is 2.37. The van der Waals surface area contributed by atoms with Gasteiger partial charge in [0.15, 0.2) is 11.6 Å². The van der Waals surface area contributed by atoms with Gasteiger partial charge in [0.2, 0.25) is 0 Å². The van der Waals surface area contributed by atoms with Crippen molar-refractivity contribution < 1.29 is 14.2 Å². The van der Waals surface area contributed by atoms with Crippen molar-refractivity contribution in [2.24, 2.45) is 0 Å². The highest BCUT2D eigenvalue weighted by atomic mass is 32.2. The van der Waals surface area contributed by atoms with Gasteiger partial charge in [-0.25, -0.2) is 4.39 Å². The molecular weight excluding hydrogens is 179 g/mol. The van der Waals surface area contributed by atoms with E-state index in [9.17, 15) is 9.50 Å². The zero-order valence-corrected chi connectivity index (χ0v) is 7.61. The summed E-state index contributed by atoms with van der Waals surface area (Å²) in [5.41, 5.74) is 0. The predicted molar refractivity (Wildman–Crippen MR) is 46.4 cm³/mol. The topological polar surface area (TPSA) is 29.5 Å². The first-order valence-electron chi connectivity index (χ1n) is 3.30. The van der Waals surface area contributed by atoms with Gasteiger partial charge in [-0.2, -0.15) is 0 Å². The van der Waals surface area contributed by atoms with E-state index >= 15 is 0 Å². The summed E-state index contributed by atoms with van der Waals surface area (Å²) in [6.07, 6.45) is 1.75. The minimum Gasteiger partial charge on any atom is -0.504 e. The molecular formula is C8H9FO2S. The molecule has 12 heavy (non-hydrogen) atoms. The number of aromatic hydroxyl groups is 1. The molecule has 2 nitrogen and oxygen atoms in total. The number of hydrogen-bond acceptors (Lipinski definition) is 3. The molecule has 0 saturated carbocycles. The second-order valence-corrected chi connectivity index (χ2v) is 2.95. The molecule has 1 aromatic carbocycles. The van der Waals surface area contributed by atoms with Crippen molar-refractivity contribution >= 4 is 11.8 Å². The van der Waals surface area contributed by atoms with Crippen molar-refractivity contribution in [3.8, 4) is 11.5 Å². The van der Waals surface area contributed by atoms with Crippen LogP contribution >= 0.6 is 11.8 Å². The molecule has 0 aliphatic heterocycles. The molecule has 0 aromatic heterocycles. The molecule has 0 unspecified atom stereocenters. The van der Waals surface area contributed by atoms with Gasteiger partial charge in [0, 0.05) is 0 Å². The maximum Gasteiger partial charge on any atom is 0.168 e. The van der Waals surface area contributed by atoms with Crippen LogP contribution in [0.2, 0.25) is 0 Å². The Hall–Kier alpha value is -0.900. The Kier molecular flexibility index (Phi) is 2.81. The average molecular weight is 188 g/mol. The van der Waals surface area contributed by atoms with Crippen LogP contribution in [0.5, 0.6) is 11.5 Å². The summed E-state index contributed by atoms with van der Waals surface area (Å²) >= 11 is 1.25. The molecule has 1 aromatic rings. The summed E-state index contributed by atoms with van der Waals surface area (Å²) in [4.78, 5) is 0.428. The first-order chi connectivity index (χ1) is 5.70. The Morgan fingerprint density at radius 3 is 2.67 bits per heavy atom. The van der Waals surface area contributed by atoms with Crippen molar-refractivity contribution in [1.29, 1.82) is 0 Å². The van der Waals surface area contributed by atoms with E-state index < -0.39 is 5.82 Å². The van der Waals surface area contributed by atoms with Crippen molar-refractivity contribution in [3.05, 3.63) is 17.9 Å². The van der Waals surface area contributed by atoms with E-state index in [2.05, 4.69) is 0 Å². The van der Waals surface area contributed by atoms with Crippen LogP contribution in [0.3, 0.4) is 0 Å². The molecule has 66 valence electrons. The van der Waals surface area contributed by atoms with Gasteiger partial charge in [0.1, 0.15) is 5.75 Å². The third-order valence-electron chi connectivity index (χ3n) is 1.47. The Balaban J connectivity index is 3.25. The number of benzene rings is 1. The van der Waals surface area contributed by atoms with Crippen LogP contribution in [0.1, 0.15) is 0 Å². The Morgan fingerprint density at radius 1 is 1.50 bits per heavy atom. The number of rotatable bonds is 2. The maximum absolute atomic E-state index is 12.8. The minimum atomic E-state index is -0.625. The number of phenolic OH excluding ortho intramolecular Hbond substituents is 1. The van der Waals surface area contributed by atoms with Gasteiger partial charge in [0.25, 0.3) is 0 Å². The fraction of sp³-hybridized carbons (Fsp3) is 0.250. The quantitative estimate of drug-likeness (QED) is 0.722. The maximum atomic E-state index is 12.8. The van der Waals surface area contributed by atoms with E-state index in [0.29, 0.717) is 10.6 Å². The van der Waals surface area contributed by atoms with Crippen LogP contribution in [-0.4, -0.2) is 18.5 Å². The molecule has 0 atom stereocenters. The molecule has 0 bridgehead atoms. The predicted octanol–water partition coefficient (Wildman–Crippen LogP) is 2.26. The highest BCUT2D eigenvalue weighted by Gasteiger charge is 2.11. The smallest absolute Gasteiger partial charge is 0.168 e. The van der Waals surface area contributed by atoms with Crippen molar-refractivity contribution in [1.82, 2.24) is 0 Å². The van der Waals surface area contributed by atoms with Gasteiger partial charge >= 0.3 is 0 Å². The lowest BCUT2D eigenvalue weighted by atomic mass is 10.3.